The molecule has 0 bridgehead atoms. The Labute approximate surface area is 164 Å². The number of carbonyl (C=O) groups excluding carboxylic acids is 1. The number of rotatable bonds is 8. The molecule has 27 heavy (non-hydrogen) atoms. The highest BCUT2D eigenvalue weighted by molar-refractivity contribution is 7.09. The van der Waals surface area contributed by atoms with Gasteiger partial charge in [0.2, 0.25) is 0 Å². The summed E-state index contributed by atoms with van der Waals surface area (Å²) < 4.78 is 10.8. The lowest BCUT2D eigenvalue weighted by molar-refractivity contribution is 0.0985. The molecule has 1 heterocycles. The summed E-state index contributed by atoms with van der Waals surface area (Å²) in [4.78, 5) is 16.1. The number of hydrogen-bond donors (Lipinski definition) is 0. The zero-order valence-electron chi connectivity index (χ0n) is 15.6. The highest BCUT2D eigenvalue weighted by Crippen LogP contribution is 2.25. The first-order chi connectivity index (χ1) is 13.2. The average molecular weight is 381 g/mol. The first-order valence-electron chi connectivity index (χ1n) is 8.92. The normalized spacial score (nSPS) is 10.4. The minimum atomic E-state index is -0.0457. The first kappa shape index (κ1) is 19.0. The number of thiophene rings is 1. The van der Waals surface area contributed by atoms with Crippen LogP contribution in [0.4, 0.5) is 5.69 Å². The third-order valence-corrected chi connectivity index (χ3v) is 4.96. The molecule has 0 aliphatic heterocycles. The van der Waals surface area contributed by atoms with Crippen LogP contribution in [-0.2, 0) is 6.54 Å². The van der Waals surface area contributed by atoms with Crippen molar-refractivity contribution in [1.29, 1.82) is 0 Å². The van der Waals surface area contributed by atoms with Gasteiger partial charge in [0.15, 0.2) is 0 Å². The van der Waals surface area contributed by atoms with Crippen LogP contribution in [0.3, 0.4) is 0 Å². The Bertz CT molecular complexity index is 842. The molecule has 1 amide bonds. The molecular weight excluding hydrogens is 358 g/mol. The van der Waals surface area contributed by atoms with Gasteiger partial charge in [0.1, 0.15) is 11.5 Å². The number of amides is 1. The monoisotopic (exact) mass is 381 g/mol. The minimum absolute atomic E-state index is 0.0457. The number of carbonyl (C=O) groups is 1. The number of benzene rings is 2. The Kier molecular flexibility index (Phi) is 6.49. The van der Waals surface area contributed by atoms with Gasteiger partial charge >= 0.3 is 0 Å². The van der Waals surface area contributed by atoms with Crippen molar-refractivity contribution < 1.29 is 14.3 Å². The van der Waals surface area contributed by atoms with Crippen LogP contribution < -0.4 is 14.4 Å². The van der Waals surface area contributed by atoms with Crippen molar-refractivity contribution in [3.63, 3.8) is 0 Å². The van der Waals surface area contributed by atoms with E-state index in [4.69, 9.17) is 9.47 Å². The van der Waals surface area contributed by atoms with Crippen LogP contribution in [-0.4, -0.2) is 19.6 Å². The van der Waals surface area contributed by atoms with Crippen molar-refractivity contribution >= 4 is 22.9 Å². The molecule has 0 N–H and O–H groups in total. The van der Waals surface area contributed by atoms with Gasteiger partial charge in [0.05, 0.1) is 20.3 Å². The van der Waals surface area contributed by atoms with E-state index in [9.17, 15) is 4.79 Å². The van der Waals surface area contributed by atoms with Crippen molar-refractivity contribution in [1.82, 2.24) is 0 Å². The second-order valence-electron chi connectivity index (χ2n) is 6.04. The molecule has 2 aromatic carbocycles. The van der Waals surface area contributed by atoms with E-state index in [1.54, 1.807) is 23.3 Å². The fourth-order valence-electron chi connectivity index (χ4n) is 2.67. The molecule has 0 spiro atoms. The van der Waals surface area contributed by atoms with Gasteiger partial charge in [0.25, 0.3) is 5.91 Å². The van der Waals surface area contributed by atoms with Gasteiger partial charge in [-0.3, -0.25) is 4.79 Å². The number of methoxy groups -OCH3 is 1. The lowest BCUT2D eigenvalue weighted by Crippen LogP contribution is -2.30. The van der Waals surface area contributed by atoms with E-state index in [1.807, 2.05) is 66.0 Å². The molecule has 4 nitrogen and oxygen atoms in total. The predicted molar refractivity (Wildman–Crippen MR) is 110 cm³/mol. The van der Waals surface area contributed by atoms with E-state index in [0.29, 0.717) is 18.7 Å². The molecule has 5 heteroatoms. The highest BCUT2D eigenvalue weighted by atomic mass is 32.1. The third-order valence-electron chi connectivity index (χ3n) is 4.10. The lowest BCUT2D eigenvalue weighted by Gasteiger charge is -2.23. The molecule has 0 saturated heterocycles. The second kappa shape index (κ2) is 9.24. The summed E-state index contributed by atoms with van der Waals surface area (Å²) in [7, 11) is 1.63. The Morgan fingerprint density at radius 3 is 2.30 bits per heavy atom. The van der Waals surface area contributed by atoms with Gasteiger partial charge in [-0.25, -0.2) is 0 Å². The molecule has 140 valence electrons. The summed E-state index contributed by atoms with van der Waals surface area (Å²) in [5.74, 6) is 1.50. The third kappa shape index (κ3) is 4.89. The molecule has 0 unspecified atom stereocenters. The number of ether oxygens (including phenoxy) is 2. The fourth-order valence-corrected chi connectivity index (χ4v) is 3.36. The van der Waals surface area contributed by atoms with Crippen molar-refractivity contribution in [3.8, 4) is 11.5 Å². The van der Waals surface area contributed by atoms with Gasteiger partial charge in [0, 0.05) is 16.1 Å². The molecule has 0 atom stereocenters. The minimum Gasteiger partial charge on any atom is -0.497 e. The van der Waals surface area contributed by atoms with Crippen LogP contribution in [0.2, 0.25) is 0 Å². The molecule has 0 fully saturated rings. The lowest BCUT2D eigenvalue weighted by atomic mass is 10.1. The van der Waals surface area contributed by atoms with Gasteiger partial charge in [-0.15, -0.1) is 11.3 Å². The van der Waals surface area contributed by atoms with Gasteiger partial charge in [-0.1, -0.05) is 13.0 Å². The molecule has 0 aliphatic rings. The van der Waals surface area contributed by atoms with Crippen LogP contribution in [0.15, 0.2) is 66.0 Å². The quantitative estimate of drug-likeness (QED) is 0.525. The van der Waals surface area contributed by atoms with Crippen LogP contribution in [0.1, 0.15) is 28.6 Å². The number of anilines is 1. The Balaban J connectivity index is 1.85. The summed E-state index contributed by atoms with van der Waals surface area (Å²) in [5, 5.41) is 2.02. The molecule has 0 radical (unpaired) electrons. The Morgan fingerprint density at radius 1 is 1.00 bits per heavy atom. The van der Waals surface area contributed by atoms with Crippen LogP contribution in [0.5, 0.6) is 11.5 Å². The van der Waals surface area contributed by atoms with Gasteiger partial charge in [-0.2, -0.15) is 0 Å². The second-order valence-corrected chi connectivity index (χ2v) is 7.07. The zero-order valence-corrected chi connectivity index (χ0v) is 16.4. The first-order valence-corrected chi connectivity index (χ1v) is 9.80. The van der Waals surface area contributed by atoms with E-state index >= 15 is 0 Å². The summed E-state index contributed by atoms with van der Waals surface area (Å²) in [6.45, 7) is 3.26. The summed E-state index contributed by atoms with van der Waals surface area (Å²) in [6, 6.07) is 18.9. The predicted octanol–water partition coefficient (Wildman–Crippen LogP) is 5.39. The summed E-state index contributed by atoms with van der Waals surface area (Å²) >= 11 is 1.64. The van der Waals surface area contributed by atoms with Crippen LogP contribution in [0, 0.1) is 0 Å². The Hall–Kier alpha value is -2.79. The molecular formula is C22H23NO3S. The molecule has 0 saturated carbocycles. The van der Waals surface area contributed by atoms with Crippen LogP contribution in [0.25, 0.3) is 0 Å². The fraction of sp³-hybridized carbons (Fsp3) is 0.227. The SMILES string of the molecule is CCCOc1ccc(C(=O)N(Cc2cccs2)c2ccc(OC)cc2)cc1. The maximum Gasteiger partial charge on any atom is 0.258 e. The summed E-state index contributed by atoms with van der Waals surface area (Å²) in [5.41, 5.74) is 1.46. The van der Waals surface area contributed by atoms with Gasteiger partial charge < -0.3 is 14.4 Å². The van der Waals surface area contributed by atoms with E-state index in [0.717, 1.165) is 28.5 Å². The standard InChI is InChI=1S/C22H23NO3S/c1-3-14-26-20-10-6-17(7-11-20)22(24)23(16-21-5-4-15-27-21)18-8-12-19(25-2)13-9-18/h4-13,15H,3,14,16H2,1-2H3. The molecule has 0 aliphatic carbocycles. The maximum atomic E-state index is 13.2. The zero-order chi connectivity index (χ0) is 19.1. The number of hydrogen-bond acceptors (Lipinski definition) is 4. The highest BCUT2D eigenvalue weighted by Gasteiger charge is 2.19. The smallest absolute Gasteiger partial charge is 0.258 e. The largest absolute Gasteiger partial charge is 0.497 e. The van der Waals surface area contributed by atoms with Crippen molar-refractivity contribution in [2.45, 2.75) is 19.9 Å². The molecule has 3 aromatic rings. The molecule has 1 aromatic heterocycles. The topological polar surface area (TPSA) is 38.8 Å². The maximum absolute atomic E-state index is 13.2. The van der Waals surface area contributed by atoms with Gasteiger partial charge in [-0.05, 0) is 66.4 Å². The van der Waals surface area contributed by atoms with E-state index in [2.05, 4.69) is 6.92 Å². The van der Waals surface area contributed by atoms with E-state index < -0.39 is 0 Å². The number of nitrogens with zero attached hydrogens (tertiary/aromatic N) is 1. The van der Waals surface area contributed by atoms with Crippen molar-refractivity contribution in [3.05, 3.63) is 76.5 Å². The molecule has 3 rings (SSSR count). The summed E-state index contributed by atoms with van der Waals surface area (Å²) in [6.07, 6.45) is 0.951. The van der Waals surface area contributed by atoms with Crippen LogP contribution >= 0.6 is 11.3 Å². The van der Waals surface area contributed by atoms with E-state index in [-0.39, 0.29) is 5.91 Å². The van der Waals surface area contributed by atoms with E-state index in [1.165, 1.54) is 0 Å². The Morgan fingerprint density at radius 2 is 1.70 bits per heavy atom. The van der Waals surface area contributed by atoms with Crippen molar-refractivity contribution in [2.24, 2.45) is 0 Å². The average Bonchev–Trinajstić information content (AvgIpc) is 3.24. The van der Waals surface area contributed by atoms with Crippen molar-refractivity contribution in [2.75, 3.05) is 18.6 Å².